The maximum atomic E-state index is 5.75. The van der Waals surface area contributed by atoms with Gasteiger partial charge in [-0.25, -0.2) is 4.99 Å². The van der Waals surface area contributed by atoms with Crippen LogP contribution in [0.5, 0.6) is 5.75 Å². The first-order chi connectivity index (χ1) is 13.3. The fraction of sp³-hybridized carbons (Fsp3) is 0.364. The molecule has 0 aliphatic carbocycles. The summed E-state index contributed by atoms with van der Waals surface area (Å²) in [6.45, 7) is 3.63. The van der Waals surface area contributed by atoms with Crippen LogP contribution in [-0.2, 0) is 4.74 Å². The molecule has 0 aromatic heterocycles. The molecule has 2 aromatic rings. The van der Waals surface area contributed by atoms with E-state index in [1.54, 1.807) is 7.11 Å². The predicted molar refractivity (Wildman–Crippen MR) is 110 cm³/mol. The number of nitrogens with zero attached hydrogens (tertiary/aromatic N) is 2. The SMILES string of the molecule is COc1c(NC2=NC(C3CCOCC3)N=C2C)cccc1-c1ccccc1. The van der Waals surface area contributed by atoms with Crippen LogP contribution < -0.4 is 10.1 Å². The first-order valence-electron chi connectivity index (χ1n) is 9.46. The molecule has 5 heteroatoms. The molecule has 1 N–H and O–H groups in total. The fourth-order valence-corrected chi connectivity index (χ4v) is 3.69. The number of hydrogen-bond acceptors (Lipinski definition) is 5. The monoisotopic (exact) mass is 363 g/mol. The van der Waals surface area contributed by atoms with Gasteiger partial charge in [-0.2, -0.15) is 0 Å². The zero-order valence-electron chi connectivity index (χ0n) is 15.8. The van der Waals surface area contributed by atoms with Gasteiger partial charge in [-0.15, -0.1) is 0 Å². The molecular weight excluding hydrogens is 338 g/mol. The highest BCUT2D eigenvalue weighted by Crippen LogP contribution is 2.36. The minimum atomic E-state index is -0.000277. The number of amidine groups is 1. The zero-order valence-corrected chi connectivity index (χ0v) is 15.8. The lowest BCUT2D eigenvalue weighted by atomic mass is 9.97. The molecule has 0 bridgehead atoms. The van der Waals surface area contributed by atoms with E-state index in [0.717, 1.165) is 60.2 Å². The summed E-state index contributed by atoms with van der Waals surface area (Å²) in [6, 6.07) is 16.4. The van der Waals surface area contributed by atoms with Gasteiger partial charge in [-0.3, -0.25) is 4.99 Å². The molecule has 1 saturated heterocycles. The molecule has 4 rings (SSSR count). The van der Waals surface area contributed by atoms with E-state index in [-0.39, 0.29) is 6.17 Å². The maximum absolute atomic E-state index is 5.75. The Balaban J connectivity index is 1.60. The average molecular weight is 363 g/mol. The fourth-order valence-electron chi connectivity index (χ4n) is 3.69. The van der Waals surface area contributed by atoms with Crippen molar-refractivity contribution in [2.24, 2.45) is 15.9 Å². The van der Waals surface area contributed by atoms with Crippen LogP contribution in [0.25, 0.3) is 11.1 Å². The molecule has 140 valence electrons. The summed E-state index contributed by atoms with van der Waals surface area (Å²) in [4.78, 5) is 9.64. The summed E-state index contributed by atoms with van der Waals surface area (Å²) < 4.78 is 11.2. The molecule has 2 aliphatic rings. The Morgan fingerprint density at radius 1 is 1.00 bits per heavy atom. The molecule has 0 saturated carbocycles. The summed E-state index contributed by atoms with van der Waals surface area (Å²) in [7, 11) is 1.70. The van der Waals surface area contributed by atoms with Crippen molar-refractivity contribution in [3.8, 4) is 16.9 Å². The van der Waals surface area contributed by atoms with Crippen molar-refractivity contribution >= 4 is 17.2 Å². The van der Waals surface area contributed by atoms with Gasteiger partial charge >= 0.3 is 0 Å². The molecule has 1 fully saturated rings. The van der Waals surface area contributed by atoms with Crippen molar-refractivity contribution in [3.05, 3.63) is 48.5 Å². The molecule has 1 unspecified atom stereocenters. The lowest BCUT2D eigenvalue weighted by molar-refractivity contribution is 0.0599. The van der Waals surface area contributed by atoms with Gasteiger partial charge in [0.15, 0.2) is 0 Å². The second-order valence-corrected chi connectivity index (χ2v) is 6.93. The third-order valence-corrected chi connectivity index (χ3v) is 5.17. The Morgan fingerprint density at radius 2 is 1.78 bits per heavy atom. The standard InChI is InChI=1S/C22H25N3O2/c1-15-21(25-22(23-15)17-11-13-27-14-12-17)24-19-10-6-9-18(20(19)26-2)16-7-4-3-5-8-16/h3-10,17,22H,11-14H2,1-2H3,(H,24,25). The van der Waals surface area contributed by atoms with Crippen molar-refractivity contribution in [1.29, 1.82) is 0 Å². The smallest absolute Gasteiger partial charge is 0.150 e. The van der Waals surface area contributed by atoms with Gasteiger partial charge < -0.3 is 14.8 Å². The van der Waals surface area contributed by atoms with Gasteiger partial charge in [0.05, 0.1) is 18.5 Å². The lowest BCUT2D eigenvalue weighted by Crippen LogP contribution is -2.24. The number of hydrogen-bond donors (Lipinski definition) is 1. The van der Waals surface area contributed by atoms with Crippen LogP contribution in [0, 0.1) is 5.92 Å². The van der Waals surface area contributed by atoms with Gasteiger partial charge in [-0.05, 0) is 31.4 Å². The molecule has 0 spiro atoms. The van der Waals surface area contributed by atoms with Crippen LogP contribution in [0.1, 0.15) is 19.8 Å². The Morgan fingerprint density at radius 3 is 2.52 bits per heavy atom. The van der Waals surface area contributed by atoms with E-state index in [1.165, 1.54) is 0 Å². The van der Waals surface area contributed by atoms with Crippen molar-refractivity contribution < 1.29 is 9.47 Å². The van der Waals surface area contributed by atoms with E-state index in [0.29, 0.717) is 5.92 Å². The Bertz CT molecular complexity index is 855. The minimum absolute atomic E-state index is 0.000277. The molecule has 1 atom stereocenters. The summed E-state index contributed by atoms with van der Waals surface area (Å²) in [5.74, 6) is 2.11. The molecular formula is C22H25N3O2. The quantitative estimate of drug-likeness (QED) is 0.876. The first-order valence-corrected chi connectivity index (χ1v) is 9.46. The van der Waals surface area contributed by atoms with Gasteiger partial charge in [0.25, 0.3) is 0 Å². The Kier molecular flexibility index (Phi) is 5.21. The Labute approximate surface area is 160 Å². The number of para-hydroxylation sites is 1. The van der Waals surface area contributed by atoms with Crippen LogP contribution in [0.4, 0.5) is 5.69 Å². The highest BCUT2D eigenvalue weighted by atomic mass is 16.5. The van der Waals surface area contributed by atoms with Crippen LogP contribution in [0.2, 0.25) is 0 Å². The highest BCUT2D eigenvalue weighted by molar-refractivity contribution is 6.46. The van der Waals surface area contributed by atoms with Crippen LogP contribution in [0.15, 0.2) is 58.5 Å². The minimum Gasteiger partial charge on any atom is -0.494 e. The van der Waals surface area contributed by atoms with Crippen molar-refractivity contribution in [2.75, 3.05) is 25.6 Å². The third-order valence-electron chi connectivity index (χ3n) is 5.17. The number of anilines is 1. The number of ether oxygens (including phenoxy) is 2. The van der Waals surface area contributed by atoms with E-state index in [9.17, 15) is 0 Å². The van der Waals surface area contributed by atoms with Crippen molar-refractivity contribution in [1.82, 2.24) is 0 Å². The van der Waals surface area contributed by atoms with Crippen LogP contribution in [0.3, 0.4) is 0 Å². The second-order valence-electron chi connectivity index (χ2n) is 6.93. The van der Waals surface area contributed by atoms with E-state index >= 15 is 0 Å². The zero-order chi connectivity index (χ0) is 18.6. The van der Waals surface area contributed by atoms with Crippen molar-refractivity contribution in [2.45, 2.75) is 25.9 Å². The van der Waals surface area contributed by atoms with Crippen LogP contribution >= 0.6 is 0 Å². The van der Waals surface area contributed by atoms with Gasteiger partial charge in [-0.1, -0.05) is 42.5 Å². The summed E-state index contributed by atoms with van der Waals surface area (Å²) in [6.07, 6.45) is 2.04. The number of aliphatic imine (C=N–C) groups is 2. The highest BCUT2D eigenvalue weighted by Gasteiger charge is 2.28. The number of nitrogens with one attached hydrogen (secondary N) is 1. The van der Waals surface area contributed by atoms with Gasteiger partial charge in [0, 0.05) is 24.7 Å². The Hall–Kier alpha value is -2.66. The van der Waals surface area contributed by atoms with Gasteiger partial charge in [0.1, 0.15) is 17.8 Å². The lowest BCUT2D eigenvalue weighted by Gasteiger charge is -2.23. The first kappa shape index (κ1) is 17.7. The number of rotatable bonds is 4. The van der Waals surface area contributed by atoms with Crippen LogP contribution in [-0.4, -0.2) is 38.0 Å². The molecule has 2 aliphatic heterocycles. The normalized spacial score (nSPS) is 20.1. The molecule has 0 radical (unpaired) electrons. The van der Waals surface area contributed by atoms with Gasteiger partial charge in [0.2, 0.25) is 0 Å². The topological polar surface area (TPSA) is 55.2 Å². The van der Waals surface area contributed by atoms with E-state index in [4.69, 9.17) is 19.5 Å². The molecule has 2 aromatic carbocycles. The molecule has 27 heavy (non-hydrogen) atoms. The van der Waals surface area contributed by atoms with E-state index in [2.05, 4.69) is 23.5 Å². The number of benzene rings is 2. The summed E-state index contributed by atoms with van der Waals surface area (Å²) in [5, 5.41) is 3.45. The predicted octanol–water partition coefficient (Wildman–Crippen LogP) is 4.40. The largest absolute Gasteiger partial charge is 0.494 e. The third kappa shape index (κ3) is 3.74. The average Bonchev–Trinajstić information content (AvgIpc) is 3.09. The second kappa shape index (κ2) is 7.92. The van der Waals surface area contributed by atoms with E-state index < -0.39 is 0 Å². The summed E-state index contributed by atoms with van der Waals surface area (Å²) in [5.41, 5.74) is 4.02. The maximum Gasteiger partial charge on any atom is 0.150 e. The van der Waals surface area contributed by atoms with Crippen molar-refractivity contribution in [3.63, 3.8) is 0 Å². The molecule has 2 heterocycles. The summed E-state index contributed by atoms with van der Waals surface area (Å²) >= 11 is 0. The molecule has 0 amide bonds. The van der Waals surface area contributed by atoms with E-state index in [1.807, 2.05) is 37.3 Å². The number of methoxy groups -OCH3 is 1. The molecule has 5 nitrogen and oxygen atoms in total.